The summed E-state index contributed by atoms with van der Waals surface area (Å²) in [5.41, 5.74) is 6.03. The maximum atomic E-state index is 11.1. The van der Waals surface area contributed by atoms with Gasteiger partial charge in [-0.1, -0.05) is 12.1 Å². The Hall–Kier alpha value is -2.30. The second-order valence-electron chi connectivity index (χ2n) is 2.94. The van der Waals surface area contributed by atoms with Gasteiger partial charge in [0, 0.05) is 6.20 Å². The zero-order valence-electron chi connectivity index (χ0n) is 8.77. The topological polar surface area (TPSA) is 81.4 Å². The third-order valence-corrected chi connectivity index (χ3v) is 1.96. The summed E-state index contributed by atoms with van der Waals surface area (Å²) in [6.45, 7) is 0. The van der Waals surface area contributed by atoms with Crippen LogP contribution < -0.4 is 15.8 Å². The van der Waals surface area contributed by atoms with Gasteiger partial charge in [0.2, 0.25) is 6.41 Å². The van der Waals surface area contributed by atoms with E-state index in [1.54, 1.807) is 31.4 Å². The highest BCUT2D eigenvalue weighted by Gasteiger charge is 2.07. The van der Waals surface area contributed by atoms with Gasteiger partial charge in [-0.05, 0) is 17.7 Å². The Bertz CT molecular complexity index is 410. The molecule has 1 rings (SSSR count). The van der Waals surface area contributed by atoms with Gasteiger partial charge >= 0.3 is 0 Å². The van der Waals surface area contributed by atoms with Crippen LogP contribution in [0.4, 0.5) is 0 Å². The minimum Gasteiger partial charge on any atom is -0.497 e. The van der Waals surface area contributed by atoms with Crippen molar-refractivity contribution >= 4 is 17.9 Å². The summed E-state index contributed by atoms with van der Waals surface area (Å²) in [6.07, 6.45) is 1.73. The molecule has 0 unspecified atom stereocenters. The van der Waals surface area contributed by atoms with Gasteiger partial charge in [-0.2, -0.15) is 0 Å². The van der Waals surface area contributed by atoms with Gasteiger partial charge in [-0.15, -0.1) is 0 Å². The van der Waals surface area contributed by atoms with Crippen LogP contribution in [0.15, 0.2) is 30.5 Å². The van der Waals surface area contributed by atoms with E-state index in [1.165, 1.54) is 6.20 Å². The summed E-state index contributed by atoms with van der Waals surface area (Å²) in [4.78, 5) is 21.3. The zero-order valence-corrected chi connectivity index (χ0v) is 8.77. The predicted molar refractivity (Wildman–Crippen MR) is 59.4 cm³/mol. The summed E-state index contributed by atoms with van der Waals surface area (Å²) in [6, 6.07) is 6.77. The average molecular weight is 220 g/mol. The minimum atomic E-state index is -0.612. The Labute approximate surface area is 92.9 Å². The Morgan fingerprint density at radius 1 is 1.38 bits per heavy atom. The first-order valence-electron chi connectivity index (χ1n) is 4.53. The molecule has 3 N–H and O–H groups in total. The van der Waals surface area contributed by atoms with Crippen molar-refractivity contribution in [1.29, 1.82) is 0 Å². The molecular formula is C11H12N2O3. The van der Waals surface area contributed by atoms with Gasteiger partial charge in [0.1, 0.15) is 5.75 Å². The summed E-state index contributed by atoms with van der Waals surface area (Å²) >= 11 is 0. The molecule has 5 nitrogen and oxygen atoms in total. The standard InChI is InChI=1S/C11H12N2O3/c1-16-9-4-2-8(3-5-9)10(11(12)15)6-13-7-14/h2-7H,1H3,(H2,12,15)(H,13,14)/b10-6-. The number of amides is 2. The Morgan fingerprint density at radius 3 is 2.44 bits per heavy atom. The molecule has 0 spiro atoms. The van der Waals surface area contributed by atoms with Crippen LogP contribution >= 0.6 is 0 Å². The number of methoxy groups -OCH3 is 1. The van der Waals surface area contributed by atoms with E-state index >= 15 is 0 Å². The van der Waals surface area contributed by atoms with Gasteiger partial charge in [-0.25, -0.2) is 0 Å². The fourth-order valence-electron chi connectivity index (χ4n) is 1.18. The molecule has 0 aliphatic rings. The van der Waals surface area contributed by atoms with Crippen LogP contribution in [-0.2, 0) is 9.59 Å². The SMILES string of the molecule is COc1ccc(/C(=C/NC=O)C(N)=O)cc1. The van der Waals surface area contributed by atoms with E-state index in [-0.39, 0.29) is 5.57 Å². The van der Waals surface area contributed by atoms with Crippen molar-refractivity contribution in [1.82, 2.24) is 5.32 Å². The highest BCUT2D eigenvalue weighted by molar-refractivity contribution is 6.18. The van der Waals surface area contributed by atoms with Crippen LogP contribution in [-0.4, -0.2) is 19.4 Å². The number of hydrogen-bond acceptors (Lipinski definition) is 3. The monoisotopic (exact) mass is 220 g/mol. The second-order valence-corrected chi connectivity index (χ2v) is 2.94. The molecule has 0 saturated heterocycles. The Morgan fingerprint density at radius 2 is 2.00 bits per heavy atom. The Kier molecular flexibility index (Phi) is 4.08. The first-order chi connectivity index (χ1) is 7.69. The van der Waals surface area contributed by atoms with E-state index in [9.17, 15) is 9.59 Å². The Balaban J connectivity index is 3.01. The maximum absolute atomic E-state index is 11.1. The van der Waals surface area contributed by atoms with E-state index in [0.29, 0.717) is 17.7 Å². The molecule has 0 aliphatic carbocycles. The van der Waals surface area contributed by atoms with Crippen molar-refractivity contribution in [3.63, 3.8) is 0 Å². The van der Waals surface area contributed by atoms with E-state index < -0.39 is 5.91 Å². The molecule has 16 heavy (non-hydrogen) atoms. The third kappa shape index (κ3) is 2.84. The number of ether oxygens (including phenoxy) is 1. The average Bonchev–Trinajstić information content (AvgIpc) is 2.30. The van der Waals surface area contributed by atoms with Crippen molar-refractivity contribution in [2.24, 2.45) is 5.73 Å². The summed E-state index contributed by atoms with van der Waals surface area (Å²) in [7, 11) is 1.55. The molecule has 1 aromatic rings. The van der Waals surface area contributed by atoms with Crippen molar-refractivity contribution in [3.05, 3.63) is 36.0 Å². The molecule has 0 heterocycles. The quantitative estimate of drug-likeness (QED) is 0.552. The number of rotatable bonds is 5. The van der Waals surface area contributed by atoms with Gasteiger partial charge in [0.15, 0.2) is 0 Å². The fraction of sp³-hybridized carbons (Fsp3) is 0.0909. The van der Waals surface area contributed by atoms with Crippen LogP contribution in [0.5, 0.6) is 5.75 Å². The van der Waals surface area contributed by atoms with Crippen LogP contribution in [0, 0.1) is 0 Å². The van der Waals surface area contributed by atoms with Crippen molar-refractivity contribution < 1.29 is 14.3 Å². The molecule has 0 aromatic heterocycles. The molecule has 0 aliphatic heterocycles. The van der Waals surface area contributed by atoms with E-state index in [1.807, 2.05) is 0 Å². The lowest BCUT2D eigenvalue weighted by Crippen LogP contribution is -2.15. The third-order valence-electron chi connectivity index (χ3n) is 1.96. The maximum Gasteiger partial charge on any atom is 0.250 e. The summed E-state index contributed by atoms with van der Waals surface area (Å²) in [5, 5.41) is 2.28. The lowest BCUT2D eigenvalue weighted by Gasteiger charge is -2.04. The number of nitrogens with one attached hydrogen (secondary N) is 1. The van der Waals surface area contributed by atoms with Crippen molar-refractivity contribution in [3.8, 4) is 5.75 Å². The number of hydrogen-bond donors (Lipinski definition) is 2. The first-order valence-corrected chi connectivity index (χ1v) is 4.53. The summed E-state index contributed by atoms with van der Waals surface area (Å²) in [5.74, 6) is 0.0652. The largest absolute Gasteiger partial charge is 0.497 e. The number of benzene rings is 1. The summed E-state index contributed by atoms with van der Waals surface area (Å²) < 4.78 is 4.98. The number of nitrogens with two attached hydrogens (primary N) is 1. The molecular weight excluding hydrogens is 208 g/mol. The molecule has 2 amide bonds. The number of carbonyl (C=O) groups excluding carboxylic acids is 2. The normalized spacial score (nSPS) is 10.7. The van der Waals surface area contributed by atoms with Gasteiger partial charge in [0.05, 0.1) is 12.7 Å². The van der Waals surface area contributed by atoms with E-state index in [2.05, 4.69) is 5.32 Å². The number of carbonyl (C=O) groups is 2. The molecule has 84 valence electrons. The van der Waals surface area contributed by atoms with Crippen molar-refractivity contribution in [2.45, 2.75) is 0 Å². The van der Waals surface area contributed by atoms with E-state index in [0.717, 1.165) is 0 Å². The predicted octanol–water partition coefficient (Wildman–Crippen LogP) is 0.267. The number of primary amides is 1. The molecule has 0 radical (unpaired) electrons. The van der Waals surface area contributed by atoms with Crippen molar-refractivity contribution in [2.75, 3.05) is 7.11 Å². The first kappa shape index (κ1) is 11.8. The fourth-order valence-corrected chi connectivity index (χ4v) is 1.18. The van der Waals surface area contributed by atoms with Crippen LogP contribution in [0.2, 0.25) is 0 Å². The second kappa shape index (κ2) is 5.55. The molecule has 5 heteroatoms. The molecule has 0 bridgehead atoms. The lowest BCUT2D eigenvalue weighted by molar-refractivity contribution is -0.112. The zero-order chi connectivity index (χ0) is 12.0. The van der Waals surface area contributed by atoms with E-state index in [4.69, 9.17) is 10.5 Å². The molecule has 0 atom stereocenters. The van der Waals surface area contributed by atoms with Gasteiger partial charge in [0.25, 0.3) is 5.91 Å². The highest BCUT2D eigenvalue weighted by Crippen LogP contribution is 2.17. The molecule has 0 saturated carbocycles. The van der Waals surface area contributed by atoms with Gasteiger partial charge in [-0.3, -0.25) is 9.59 Å². The molecule has 1 aromatic carbocycles. The smallest absolute Gasteiger partial charge is 0.250 e. The van der Waals surface area contributed by atoms with Gasteiger partial charge < -0.3 is 15.8 Å². The van der Waals surface area contributed by atoms with Crippen LogP contribution in [0.3, 0.4) is 0 Å². The van der Waals surface area contributed by atoms with Crippen LogP contribution in [0.25, 0.3) is 5.57 Å². The highest BCUT2D eigenvalue weighted by atomic mass is 16.5. The molecule has 0 fully saturated rings. The minimum absolute atomic E-state index is 0.231. The lowest BCUT2D eigenvalue weighted by atomic mass is 10.1. The van der Waals surface area contributed by atoms with Crippen LogP contribution in [0.1, 0.15) is 5.56 Å².